The molecule has 5 nitrogen and oxygen atoms in total. The van der Waals surface area contributed by atoms with Crippen molar-refractivity contribution >= 4 is 15.9 Å². The molecular formula is C15H16BrNO4. The Bertz CT molecular complexity index is 669. The second kappa shape index (κ2) is 7.28. The standard InChI is InChI=1S/C15H16BrNO4/c1-20-13-9-11(10-18)8-12(16)15(13)21-7-6-17-5-3-2-4-14(17)19/h2-5,8-9,18H,6-7,10H2,1H3. The molecule has 1 aromatic heterocycles. The number of rotatable bonds is 6. The van der Waals surface area contributed by atoms with Gasteiger partial charge in [0, 0.05) is 12.3 Å². The van der Waals surface area contributed by atoms with E-state index in [0.29, 0.717) is 29.1 Å². The topological polar surface area (TPSA) is 60.7 Å². The van der Waals surface area contributed by atoms with Gasteiger partial charge in [0.1, 0.15) is 6.61 Å². The van der Waals surface area contributed by atoms with Gasteiger partial charge in [0.25, 0.3) is 5.56 Å². The van der Waals surface area contributed by atoms with Gasteiger partial charge in [0.2, 0.25) is 0 Å². The number of ether oxygens (including phenoxy) is 2. The molecule has 0 saturated heterocycles. The summed E-state index contributed by atoms with van der Waals surface area (Å²) in [7, 11) is 1.54. The third-order valence-electron chi connectivity index (χ3n) is 2.95. The third kappa shape index (κ3) is 3.86. The van der Waals surface area contributed by atoms with Crippen molar-refractivity contribution in [2.45, 2.75) is 13.2 Å². The number of hydrogen-bond acceptors (Lipinski definition) is 4. The van der Waals surface area contributed by atoms with E-state index in [9.17, 15) is 9.90 Å². The van der Waals surface area contributed by atoms with E-state index in [1.165, 1.54) is 13.2 Å². The first kappa shape index (κ1) is 15.6. The first-order chi connectivity index (χ1) is 10.2. The van der Waals surface area contributed by atoms with Crippen LogP contribution in [0.15, 0.2) is 45.8 Å². The number of aliphatic hydroxyl groups is 1. The van der Waals surface area contributed by atoms with E-state index in [1.807, 2.05) is 0 Å². The molecule has 112 valence electrons. The number of halogens is 1. The minimum absolute atomic E-state index is 0.0669. The van der Waals surface area contributed by atoms with Crippen LogP contribution >= 0.6 is 15.9 Å². The van der Waals surface area contributed by atoms with E-state index in [2.05, 4.69) is 15.9 Å². The summed E-state index contributed by atoms with van der Waals surface area (Å²) in [6.45, 7) is 0.697. The summed E-state index contributed by atoms with van der Waals surface area (Å²) in [6, 6.07) is 8.49. The van der Waals surface area contributed by atoms with Crippen molar-refractivity contribution in [2.24, 2.45) is 0 Å². The van der Waals surface area contributed by atoms with Crippen LogP contribution in [0.5, 0.6) is 11.5 Å². The average Bonchev–Trinajstić information content (AvgIpc) is 2.50. The summed E-state index contributed by atoms with van der Waals surface area (Å²) in [5.74, 6) is 1.09. The maximum atomic E-state index is 11.6. The molecule has 1 N–H and O–H groups in total. The molecule has 2 aromatic rings. The molecule has 0 fully saturated rings. The van der Waals surface area contributed by atoms with Crippen molar-refractivity contribution in [1.29, 1.82) is 0 Å². The molecule has 0 aliphatic carbocycles. The average molecular weight is 354 g/mol. The summed E-state index contributed by atoms with van der Waals surface area (Å²) in [6.07, 6.45) is 1.72. The van der Waals surface area contributed by atoms with Gasteiger partial charge < -0.3 is 19.1 Å². The molecule has 0 amide bonds. The predicted molar refractivity (Wildman–Crippen MR) is 82.8 cm³/mol. The molecule has 0 aliphatic rings. The molecule has 1 aromatic carbocycles. The normalized spacial score (nSPS) is 10.4. The van der Waals surface area contributed by atoms with Gasteiger partial charge in [-0.15, -0.1) is 0 Å². The molecule has 0 atom stereocenters. The minimum Gasteiger partial charge on any atom is -0.493 e. The van der Waals surface area contributed by atoms with Gasteiger partial charge in [-0.05, 0) is 39.7 Å². The van der Waals surface area contributed by atoms with Crippen LogP contribution < -0.4 is 15.0 Å². The highest BCUT2D eigenvalue weighted by molar-refractivity contribution is 9.10. The van der Waals surface area contributed by atoms with Crippen LogP contribution in [-0.2, 0) is 13.2 Å². The Hall–Kier alpha value is -1.79. The third-order valence-corrected chi connectivity index (χ3v) is 3.54. The van der Waals surface area contributed by atoms with Crippen molar-refractivity contribution in [2.75, 3.05) is 13.7 Å². The number of aromatic nitrogens is 1. The quantitative estimate of drug-likeness (QED) is 0.864. The summed E-state index contributed by atoms with van der Waals surface area (Å²) < 4.78 is 13.2. The van der Waals surface area contributed by atoms with Crippen LogP contribution in [0, 0.1) is 0 Å². The minimum atomic E-state index is -0.0748. The molecule has 0 unspecified atom stereocenters. The summed E-state index contributed by atoms with van der Waals surface area (Å²) in [5, 5.41) is 9.17. The number of benzene rings is 1. The lowest BCUT2D eigenvalue weighted by Gasteiger charge is -2.14. The van der Waals surface area contributed by atoms with E-state index >= 15 is 0 Å². The first-order valence-corrected chi connectivity index (χ1v) is 7.20. The number of aliphatic hydroxyl groups excluding tert-OH is 1. The van der Waals surface area contributed by atoms with Crippen molar-refractivity contribution in [3.8, 4) is 11.5 Å². The van der Waals surface area contributed by atoms with E-state index in [1.54, 1.807) is 35.0 Å². The van der Waals surface area contributed by atoms with Crippen molar-refractivity contribution < 1.29 is 14.6 Å². The summed E-state index contributed by atoms with van der Waals surface area (Å²) in [4.78, 5) is 11.6. The predicted octanol–water partition coefficient (Wildman–Crippen LogP) is 2.19. The van der Waals surface area contributed by atoms with Crippen LogP contribution in [0.2, 0.25) is 0 Å². The zero-order valence-electron chi connectivity index (χ0n) is 11.6. The lowest BCUT2D eigenvalue weighted by molar-refractivity contribution is 0.270. The molecule has 0 saturated carbocycles. The Morgan fingerprint density at radius 2 is 2.14 bits per heavy atom. The van der Waals surface area contributed by atoms with E-state index in [-0.39, 0.29) is 12.2 Å². The van der Waals surface area contributed by atoms with E-state index in [0.717, 1.165) is 5.56 Å². The van der Waals surface area contributed by atoms with Crippen LogP contribution in [0.1, 0.15) is 5.56 Å². The van der Waals surface area contributed by atoms with Crippen LogP contribution in [0.25, 0.3) is 0 Å². The summed E-state index contributed by atoms with van der Waals surface area (Å²) in [5.41, 5.74) is 0.660. The second-order valence-corrected chi connectivity index (χ2v) is 5.20. The Morgan fingerprint density at radius 3 is 2.81 bits per heavy atom. The maximum absolute atomic E-state index is 11.6. The smallest absolute Gasteiger partial charge is 0.250 e. The van der Waals surface area contributed by atoms with Crippen LogP contribution in [0.4, 0.5) is 0 Å². The highest BCUT2D eigenvalue weighted by Crippen LogP contribution is 2.36. The van der Waals surface area contributed by atoms with Crippen molar-refractivity contribution in [1.82, 2.24) is 4.57 Å². The highest BCUT2D eigenvalue weighted by atomic mass is 79.9. The summed E-state index contributed by atoms with van der Waals surface area (Å²) >= 11 is 3.40. The Balaban J connectivity index is 2.10. The molecule has 0 spiro atoms. The molecule has 0 radical (unpaired) electrons. The molecule has 21 heavy (non-hydrogen) atoms. The molecular weight excluding hydrogens is 338 g/mol. The van der Waals surface area contributed by atoms with Gasteiger partial charge in [0.15, 0.2) is 11.5 Å². The van der Waals surface area contributed by atoms with Crippen LogP contribution in [-0.4, -0.2) is 23.4 Å². The highest BCUT2D eigenvalue weighted by Gasteiger charge is 2.11. The van der Waals surface area contributed by atoms with Crippen molar-refractivity contribution in [3.05, 3.63) is 56.9 Å². The molecule has 0 bridgehead atoms. The van der Waals surface area contributed by atoms with Crippen LogP contribution in [0.3, 0.4) is 0 Å². The molecule has 6 heteroatoms. The fourth-order valence-electron chi connectivity index (χ4n) is 1.90. The Morgan fingerprint density at radius 1 is 1.33 bits per heavy atom. The first-order valence-electron chi connectivity index (χ1n) is 6.41. The Kier molecular flexibility index (Phi) is 5.41. The van der Waals surface area contributed by atoms with Gasteiger partial charge in [-0.25, -0.2) is 0 Å². The SMILES string of the molecule is COc1cc(CO)cc(Br)c1OCCn1ccccc1=O. The lowest BCUT2D eigenvalue weighted by Crippen LogP contribution is -2.21. The molecule has 1 heterocycles. The molecule has 2 rings (SSSR count). The van der Waals surface area contributed by atoms with Gasteiger partial charge in [-0.1, -0.05) is 6.07 Å². The second-order valence-electron chi connectivity index (χ2n) is 4.35. The number of methoxy groups -OCH3 is 1. The monoisotopic (exact) mass is 353 g/mol. The molecule has 0 aliphatic heterocycles. The zero-order chi connectivity index (χ0) is 15.2. The van der Waals surface area contributed by atoms with Crippen molar-refractivity contribution in [3.63, 3.8) is 0 Å². The Labute approximate surface area is 130 Å². The fraction of sp³-hybridized carbons (Fsp3) is 0.267. The number of nitrogens with zero attached hydrogens (tertiary/aromatic N) is 1. The maximum Gasteiger partial charge on any atom is 0.250 e. The number of hydrogen-bond donors (Lipinski definition) is 1. The number of pyridine rings is 1. The fourth-order valence-corrected chi connectivity index (χ4v) is 2.50. The van der Waals surface area contributed by atoms with Gasteiger partial charge in [-0.2, -0.15) is 0 Å². The lowest BCUT2D eigenvalue weighted by atomic mass is 10.2. The zero-order valence-corrected chi connectivity index (χ0v) is 13.2. The van der Waals surface area contributed by atoms with Gasteiger partial charge in [0.05, 0.1) is 24.7 Å². The van der Waals surface area contributed by atoms with Gasteiger partial charge in [-0.3, -0.25) is 4.79 Å². The van der Waals surface area contributed by atoms with E-state index in [4.69, 9.17) is 9.47 Å². The largest absolute Gasteiger partial charge is 0.493 e. The van der Waals surface area contributed by atoms with Gasteiger partial charge >= 0.3 is 0 Å². The van der Waals surface area contributed by atoms with E-state index < -0.39 is 0 Å².